The predicted octanol–water partition coefficient (Wildman–Crippen LogP) is 2.39. The van der Waals surface area contributed by atoms with Gasteiger partial charge in [-0.2, -0.15) is 0 Å². The van der Waals surface area contributed by atoms with Crippen molar-refractivity contribution in [3.05, 3.63) is 23.7 Å². The zero-order chi connectivity index (χ0) is 11.6. The first-order valence-electron chi connectivity index (χ1n) is 6.18. The van der Waals surface area contributed by atoms with Gasteiger partial charge in [-0.25, -0.2) is 0 Å². The molecule has 1 aromatic heterocycles. The zero-order valence-electron chi connectivity index (χ0n) is 9.91. The lowest BCUT2D eigenvalue weighted by Gasteiger charge is -2.31. The Kier molecular flexibility index (Phi) is 3.36. The van der Waals surface area contributed by atoms with Gasteiger partial charge >= 0.3 is 0 Å². The summed E-state index contributed by atoms with van der Waals surface area (Å²) >= 11 is 0. The Labute approximate surface area is 96.6 Å². The van der Waals surface area contributed by atoms with Crippen LogP contribution in [-0.4, -0.2) is 11.7 Å². The normalized spacial score (nSPS) is 21.2. The van der Waals surface area contributed by atoms with Crippen molar-refractivity contribution in [3.63, 3.8) is 0 Å². The molecule has 0 aliphatic heterocycles. The first kappa shape index (κ1) is 11.7. The number of aliphatic hydroxyl groups excluding tert-OH is 1. The van der Waals surface area contributed by atoms with Crippen LogP contribution < -0.4 is 5.73 Å². The average molecular weight is 223 g/mol. The molecule has 1 fully saturated rings. The first-order chi connectivity index (χ1) is 7.72. The number of furan rings is 1. The van der Waals surface area contributed by atoms with Crippen molar-refractivity contribution < 1.29 is 9.52 Å². The molecule has 1 unspecified atom stereocenters. The molecular formula is C13H21NO2. The van der Waals surface area contributed by atoms with Gasteiger partial charge in [0.2, 0.25) is 0 Å². The number of nitrogens with two attached hydrogens (primary N) is 1. The lowest BCUT2D eigenvalue weighted by Crippen LogP contribution is -2.33. The van der Waals surface area contributed by atoms with Gasteiger partial charge in [0.25, 0.3) is 0 Å². The van der Waals surface area contributed by atoms with E-state index in [9.17, 15) is 5.11 Å². The summed E-state index contributed by atoms with van der Waals surface area (Å²) < 4.78 is 5.63. The summed E-state index contributed by atoms with van der Waals surface area (Å²) in [6, 6.07) is 3.83. The van der Waals surface area contributed by atoms with Crippen molar-refractivity contribution in [2.45, 2.75) is 45.1 Å². The maximum Gasteiger partial charge on any atom is 0.133 e. The zero-order valence-corrected chi connectivity index (χ0v) is 9.91. The van der Waals surface area contributed by atoms with Crippen LogP contribution in [0.4, 0.5) is 0 Å². The molecule has 1 aliphatic carbocycles. The summed E-state index contributed by atoms with van der Waals surface area (Å²) in [7, 11) is 0. The molecule has 1 aliphatic rings. The summed E-state index contributed by atoms with van der Waals surface area (Å²) in [5.41, 5.74) is 5.69. The quantitative estimate of drug-likeness (QED) is 0.824. The third-order valence-electron chi connectivity index (χ3n) is 3.89. The molecule has 0 bridgehead atoms. The Hall–Kier alpha value is -0.800. The largest absolute Gasteiger partial charge is 0.463 e. The minimum atomic E-state index is -0.541. The van der Waals surface area contributed by atoms with Gasteiger partial charge in [-0.1, -0.05) is 19.8 Å². The van der Waals surface area contributed by atoms with E-state index in [0.29, 0.717) is 12.3 Å². The molecule has 90 valence electrons. The van der Waals surface area contributed by atoms with Gasteiger partial charge in [0.15, 0.2) is 0 Å². The molecule has 0 spiro atoms. The number of aliphatic hydroxyl groups is 1. The molecule has 1 saturated carbocycles. The van der Waals surface area contributed by atoms with E-state index in [2.05, 4.69) is 0 Å². The molecule has 0 saturated heterocycles. The van der Waals surface area contributed by atoms with Crippen molar-refractivity contribution in [3.8, 4) is 0 Å². The molecule has 16 heavy (non-hydrogen) atoms. The van der Waals surface area contributed by atoms with Crippen molar-refractivity contribution in [1.29, 1.82) is 0 Å². The standard InChI is InChI=1S/C13H21NO2/c1-2-10-5-6-11(16-10)12(15)13(9-14)7-3-4-8-13/h5-6,12,15H,2-4,7-9,14H2,1H3. The highest BCUT2D eigenvalue weighted by Gasteiger charge is 2.41. The maximum absolute atomic E-state index is 10.4. The molecule has 0 amide bonds. The Morgan fingerprint density at radius 2 is 2.12 bits per heavy atom. The molecule has 3 N–H and O–H groups in total. The van der Waals surface area contributed by atoms with E-state index in [-0.39, 0.29) is 5.41 Å². The first-order valence-corrected chi connectivity index (χ1v) is 6.18. The van der Waals surface area contributed by atoms with E-state index in [1.165, 1.54) is 0 Å². The number of hydrogen-bond acceptors (Lipinski definition) is 3. The molecule has 1 heterocycles. The third kappa shape index (κ3) is 1.89. The Morgan fingerprint density at radius 1 is 1.44 bits per heavy atom. The highest BCUT2D eigenvalue weighted by molar-refractivity contribution is 5.13. The smallest absolute Gasteiger partial charge is 0.133 e. The van der Waals surface area contributed by atoms with Gasteiger partial charge < -0.3 is 15.3 Å². The molecule has 1 aromatic rings. The lowest BCUT2D eigenvalue weighted by molar-refractivity contribution is 0.0158. The van der Waals surface area contributed by atoms with Gasteiger partial charge in [-0.05, 0) is 25.0 Å². The van der Waals surface area contributed by atoms with Crippen molar-refractivity contribution in [2.75, 3.05) is 6.54 Å². The maximum atomic E-state index is 10.4. The second-order valence-electron chi connectivity index (χ2n) is 4.83. The average Bonchev–Trinajstić information content (AvgIpc) is 2.98. The third-order valence-corrected chi connectivity index (χ3v) is 3.89. The summed E-state index contributed by atoms with van der Waals surface area (Å²) in [5.74, 6) is 1.61. The fourth-order valence-corrected chi connectivity index (χ4v) is 2.70. The lowest BCUT2D eigenvalue weighted by atomic mass is 9.79. The van der Waals surface area contributed by atoms with Crippen LogP contribution >= 0.6 is 0 Å². The van der Waals surface area contributed by atoms with Crippen LogP contribution in [0.3, 0.4) is 0 Å². The molecule has 2 rings (SSSR count). The predicted molar refractivity (Wildman–Crippen MR) is 63.0 cm³/mol. The second kappa shape index (κ2) is 4.60. The van der Waals surface area contributed by atoms with Gasteiger partial charge in [0, 0.05) is 18.4 Å². The molecule has 3 nitrogen and oxygen atoms in total. The van der Waals surface area contributed by atoms with Crippen molar-refractivity contribution in [1.82, 2.24) is 0 Å². The Bertz CT molecular complexity index is 339. The minimum Gasteiger partial charge on any atom is -0.463 e. The molecule has 1 atom stereocenters. The molecule has 3 heteroatoms. The van der Waals surface area contributed by atoms with Gasteiger partial charge in [0.1, 0.15) is 17.6 Å². The van der Waals surface area contributed by atoms with Gasteiger partial charge in [-0.15, -0.1) is 0 Å². The molecular weight excluding hydrogens is 202 g/mol. The fourth-order valence-electron chi connectivity index (χ4n) is 2.70. The summed E-state index contributed by atoms with van der Waals surface area (Å²) in [6.45, 7) is 2.58. The SMILES string of the molecule is CCc1ccc(C(O)C2(CN)CCCC2)o1. The minimum absolute atomic E-state index is 0.150. The van der Waals surface area contributed by atoms with E-state index >= 15 is 0 Å². The monoisotopic (exact) mass is 223 g/mol. The summed E-state index contributed by atoms with van der Waals surface area (Å²) in [4.78, 5) is 0. The van der Waals surface area contributed by atoms with Crippen LogP contribution in [0.5, 0.6) is 0 Å². The topological polar surface area (TPSA) is 59.4 Å². The second-order valence-corrected chi connectivity index (χ2v) is 4.83. The van der Waals surface area contributed by atoms with Crippen LogP contribution in [0.25, 0.3) is 0 Å². The van der Waals surface area contributed by atoms with Crippen molar-refractivity contribution in [2.24, 2.45) is 11.1 Å². The van der Waals surface area contributed by atoms with E-state index < -0.39 is 6.10 Å². The summed E-state index contributed by atoms with van der Waals surface area (Å²) in [5, 5.41) is 10.4. The number of rotatable bonds is 4. The number of hydrogen-bond donors (Lipinski definition) is 2. The van der Waals surface area contributed by atoms with E-state index in [1.54, 1.807) is 0 Å². The van der Waals surface area contributed by atoms with E-state index in [1.807, 2.05) is 19.1 Å². The summed E-state index contributed by atoms with van der Waals surface area (Å²) in [6.07, 6.45) is 4.66. The van der Waals surface area contributed by atoms with Crippen LogP contribution in [0, 0.1) is 5.41 Å². The van der Waals surface area contributed by atoms with Crippen LogP contribution in [0.1, 0.15) is 50.2 Å². The van der Waals surface area contributed by atoms with Crippen LogP contribution in [-0.2, 0) is 6.42 Å². The van der Waals surface area contributed by atoms with Crippen LogP contribution in [0.15, 0.2) is 16.5 Å². The van der Waals surface area contributed by atoms with Crippen LogP contribution in [0.2, 0.25) is 0 Å². The van der Waals surface area contributed by atoms with Gasteiger partial charge in [-0.3, -0.25) is 0 Å². The van der Waals surface area contributed by atoms with Crippen molar-refractivity contribution >= 4 is 0 Å². The highest BCUT2D eigenvalue weighted by Crippen LogP contribution is 2.47. The van der Waals surface area contributed by atoms with E-state index in [0.717, 1.165) is 37.9 Å². The molecule has 0 radical (unpaired) electrons. The fraction of sp³-hybridized carbons (Fsp3) is 0.692. The number of aryl methyl sites for hydroxylation is 1. The molecule has 0 aromatic carbocycles. The Morgan fingerprint density at radius 3 is 2.62 bits per heavy atom. The Balaban J connectivity index is 2.19. The van der Waals surface area contributed by atoms with Gasteiger partial charge in [0.05, 0.1) is 0 Å². The van der Waals surface area contributed by atoms with E-state index in [4.69, 9.17) is 10.2 Å². The highest BCUT2D eigenvalue weighted by atomic mass is 16.4.